The van der Waals surface area contributed by atoms with E-state index in [0.29, 0.717) is 23.6 Å². The van der Waals surface area contributed by atoms with Crippen LogP contribution in [0.4, 0.5) is 13.2 Å². The molecule has 0 spiro atoms. The fourth-order valence-electron chi connectivity index (χ4n) is 5.21. The van der Waals surface area contributed by atoms with Crippen LogP contribution in [-0.4, -0.2) is 35.6 Å². The number of halogens is 3. The number of aliphatic hydroxyl groups is 1. The van der Waals surface area contributed by atoms with E-state index in [2.05, 4.69) is 11.9 Å². The van der Waals surface area contributed by atoms with E-state index in [1.165, 1.54) is 23.8 Å². The molecule has 1 unspecified atom stereocenters. The fourth-order valence-corrected chi connectivity index (χ4v) is 5.21. The third-order valence-electron chi connectivity index (χ3n) is 7.47. The van der Waals surface area contributed by atoms with Gasteiger partial charge in [0.1, 0.15) is 0 Å². The number of aromatic nitrogens is 4. The average Bonchev–Trinajstić information content (AvgIpc) is 3.11. The van der Waals surface area contributed by atoms with Gasteiger partial charge in [0.2, 0.25) is 0 Å². The Bertz CT molecular complexity index is 1090. The van der Waals surface area contributed by atoms with Crippen molar-refractivity contribution < 1.29 is 18.3 Å². The standard InChI is InChI=1S/C22H31F3N4O3/c1-14(10-15-4-3-5-15)11-28-13-26-18-17(28)19(30)29(20(31)27(18)2)12-16-6-8-21(32,9-7-16)22(23,24)25/h13-16,32H,3-12H2,1-2H3. The molecule has 0 aliphatic heterocycles. The maximum absolute atomic E-state index is 13.3. The lowest BCUT2D eigenvalue weighted by molar-refractivity contribution is -0.272. The molecular formula is C22H31F3N4O3. The predicted octanol–water partition coefficient (Wildman–Crippen LogP) is 3.21. The van der Waals surface area contributed by atoms with Gasteiger partial charge in [-0.2, -0.15) is 13.2 Å². The van der Waals surface area contributed by atoms with Crippen molar-refractivity contribution in [3.63, 3.8) is 0 Å². The van der Waals surface area contributed by atoms with E-state index in [9.17, 15) is 27.9 Å². The molecule has 2 aliphatic rings. The van der Waals surface area contributed by atoms with Crippen molar-refractivity contribution in [3.8, 4) is 0 Å². The number of alkyl halides is 3. The molecule has 0 bridgehead atoms. The molecule has 0 amide bonds. The Kier molecular flexibility index (Phi) is 6.02. The van der Waals surface area contributed by atoms with Crippen molar-refractivity contribution in [2.24, 2.45) is 24.8 Å². The Morgan fingerprint density at radius 2 is 1.84 bits per heavy atom. The number of hydrogen-bond donors (Lipinski definition) is 1. The van der Waals surface area contributed by atoms with Gasteiger partial charge in [-0.05, 0) is 49.9 Å². The monoisotopic (exact) mass is 456 g/mol. The second-order valence-corrected chi connectivity index (χ2v) is 9.94. The average molecular weight is 457 g/mol. The largest absolute Gasteiger partial charge is 0.417 e. The first kappa shape index (κ1) is 23.1. The highest BCUT2D eigenvalue weighted by atomic mass is 19.4. The summed E-state index contributed by atoms with van der Waals surface area (Å²) in [6.07, 6.45) is 1.14. The molecule has 178 valence electrons. The molecular weight excluding hydrogens is 425 g/mol. The molecule has 2 heterocycles. The zero-order chi connectivity index (χ0) is 23.3. The van der Waals surface area contributed by atoms with E-state index in [1.54, 1.807) is 17.9 Å². The molecule has 0 aromatic carbocycles. The molecule has 2 saturated carbocycles. The molecule has 2 aromatic rings. The van der Waals surface area contributed by atoms with E-state index in [-0.39, 0.29) is 25.3 Å². The first-order valence-electron chi connectivity index (χ1n) is 11.4. The van der Waals surface area contributed by atoms with E-state index in [1.807, 2.05) is 0 Å². The Morgan fingerprint density at radius 1 is 1.19 bits per heavy atom. The Morgan fingerprint density at radius 3 is 2.41 bits per heavy atom. The molecule has 2 fully saturated rings. The molecule has 2 aromatic heterocycles. The van der Waals surface area contributed by atoms with Crippen molar-refractivity contribution in [1.82, 2.24) is 18.7 Å². The summed E-state index contributed by atoms with van der Waals surface area (Å²) in [5, 5.41) is 9.89. The predicted molar refractivity (Wildman–Crippen MR) is 113 cm³/mol. The second kappa shape index (κ2) is 8.35. The first-order chi connectivity index (χ1) is 15.0. The maximum Gasteiger partial charge on any atom is 0.417 e. The van der Waals surface area contributed by atoms with Crippen LogP contribution in [0.2, 0.25) is 0 Å². The van der Waals surface area contributed by atoms with Crippen LogP contribution >= 0.6 is 0 Å². The molecule has 1 atom stereocenters. The molecule has 32 heavy (non-hydrogen) atoms. The number of nitrogens with zero attached hydrogens (tertiary/aromatic N) is 4. The van der Waals surface area contributed by atoms with Gasteiger partial charge in [-0.1, -0.05) is 26.2 Å². The van der Waals surface area contributed by atoms with Crippen molar-refractivity contribution in [1.29, 1.82) is 0 Å². The lowest BCUT2D eigenvalue weighted by Gasteiger charge is -2.37. The summed E-state index contributed by atoms with van der Waals surface area (Å²) in [7, 11) is 1.55. The zero-order valence-electron chi connectivity index (χ0n) is 18.6. The summed E-state index contributed by atoms with van der Waals surface area (Å²) >= 11 is 0. The van der Waals surface area contributed by atoms with Crippen LogP contribution in [0.5, 0.6) is 0 Å². The maximum atomic E-state index is 13.3. The highest BCUT2D eigenvalue weighted by molar-refractivity contribution is 5.69. The van der Waals surface area contributed by atoms with Crippen molar-refractivity contribution in [2.75, 3.05) is 0 Å². The third kappa shape index (κ3) is 4.13. The molecule has 1 N–H and O–H groups in total. The molecule has 2 aliphatic carbocycles. The van der Waals surface area contributed by atoms with Gasteiger partial charge in [0.25, 0.3) is 5.56 Å². The first-order valence-corrected chi connectivity index (χ1v) is 11.4. The van der Waals surface area contributed by atoms with Crippen molar-refractivity contribution in [3.05, 3.63) is 27.2 Å². The molecule has 10 heteroatoms. The van der Waals surface area contributed by atoms with Crippen molar-refractivity contribution in [2.45, 2.75) is 83.2 Å². The Labute approximate surface area is 183 Å². The van der Waals surface area contributed by atoms with Crippen molar-refractivity contribution >= 4 is 11.2 Å². The van der Waals surface area contributed by atoms with Crippen LogP contribution in [0.25, 0.3) is 11.2 Å². The highest BCUT2D eigenvalue weighted by Crippen LogP contribution is 2.43. The van der Waals surface area contributed by atoms with Crippen LogP contribution in [0, 0.1) is 17.8 Å². The number of aryl methyl sites for hydroxylation is 1. The van der Waals surface area contributed by atoms with Gasteiger partial charge >= 0.3 is 11.9 Å². The van der Waals surface area contributed by atoms with Crippen LogP contribution in [0.3, 0.4) is 0 Å². The SMILES string of the molecule is CC(CC1CCC1)Cn1cnc2c1c(=O)n(CC1CCC(O)(C(F)(F)F)CC1)c(=O)n2C. The number of hydrogen-bond acceptors (Lipinski definition) is 4. The lowest BCUT2D eigenvalue weighted by atomic mass is 9.78. The van der Waals surface area contributed by atoms with E-state index < -0.39 is 35.9 Å². The van der Waals surface area contributed by atoms with E-state index >= 15 is 0 Å². The normalized spacial score (nSPS) is 25.8. The summed E-state index contributed by atoms with van der Waals surface area (Å²) in [6, 6.07) is 0. The van der Waals surface area contributed by atoms with Gasteiger partial charge in [-0.3, -0.25) is 13.9 Å². The highest BCUT2D eigenvalue weighted by Gasteiger charge is 2.54. The van der Waals surface area contributed by atoms with Gasteiger partial charge in [-0.15, -0.1) is 0 Å². The minimum atomic E-state index is -4.67. The summed E-state index contributed by atoms with van der Waals surface area (Å²) in [4.78, 5) is 30.4. The summed E-state index contributed by atoms with van der Waals surface area (Å²) in [6.45, 7) is 2.81. The van der Waals surface area contributed by atoms with Gasteiger partial charge in [0.15, 0.2) is 16.8 Å². The topological polar surface area (TPSA) is 82.1 Å². The second-order valence-electron chi connectivity index (χ2n) is 9.94. The smallest absolute Gasteiger partial charge is 0.380 e. The minimum absolute atomic E-state index is 0.0399. The fraction of sp³-hybridized carbons (Fsp3) is 0.773. The molecule has 4 rings (SSSR count). The Balaban J connectivity index is 1.57. The number of rotatable bonds is 6. The van der Waals surface area contributed by atoms with Gasteiger partial charge in [0.05, 0.1) is 6.33 Å². The number of fused-ring (bicyclic) bond motifs is 1. The van der Waals surface area contributed by atoms with Crippen LogP contribution in [0.15, 0.2) is 15.9 Å². The summed E-state index contributed by atoms with van der Waals surface area (Å²) in [5.74, 6) is 0.818. The Hall–Kier alpha value is -2.10. The van der Waals surface area contributed by atoms with Gasteiger partial charge in [0, 0.05) is 20.1 Å². The van der Waals surface area contributed by atoms with Crippen LogP contribution in [-0.2, 0) is 20.1 Å². The third-order valence-corrected chi connectivity index (χ3v) is 7.47. The van der Waals surface area contributed by atoms with E-state index in [4.69, 9.17) is 0 Å². The lowest BCUT2D eigenvalue weighted by Crippen LogP contribution is -2.49. The van der Waals surface area contributed by atoms with Crippen LogP contribution < -0.4 is 11.2 Å². The number of imidazole rings is 1. The summed E-state index contributed by atoms with van der Waals surface area (Å²) in [5.41, 5.74) is -2.98. The van der Waals surface area contributed by atoms with Gasteiger partial charge < -0.3 is 9.67 Å². The molecule has 0 radical (unpaired) electrons. The summed E-state index contributed by atoms with van der Waals surface area (Å²) < 4.78 is 43.5. The zero-order valence-corrected chi connectivity index (χ0v) is 18.6. The quantitative estimate of drug-likeness (QED) is 0.724. The van der Waals surface area contributed by atoms with Gasteiger partial charge in [-0.25, -0.2) is 9.78 Å². The molecule has 0 saturated heterocycles. The van der Waals surface area contributed by atoms with E-state index in [0.717, 1.165) is 16.9 Å². The minimum Gasteiger partial charge on any atom is -0.380 e. The van der Waals surface area contributed by atoms with Crippen LogP contribution in [0.1, 0.15) is 58.3 Å². The molecule has 7 nitrogen and oxygen atoms in total.